The molecule has 1 aromatic heterocycles. The third-order valence-corrected chi connectivity index (χ3v) is 4.69. The Balaban J connectivity index is 2.06. The lowest BCUT2D eigenvalue weighted by molar-refractivity contribution is 0.0702. The third-order valence-electron chi connectivity index (χ3n) is 3.62. The van der Waals surface area contributed by atoms with E-state index >= 15 is 0 Å². The van der Waals surface area contributed by atoms with Gasteiger partial charge in [0.1, 0.15) is 11.5 Å². The van der Waals surface area contributed by atoms with Crippen LogP contribution in [-0.2, 0) is 4.74 Å². The SMILES string of the molecule is COCCOc1ccc(C(C)NC(=O)c2ccc(C(=O)O)s2)cc1OC. The van der Waals surface area contributed by atoms with Crippen molar-refractivity contribution in [3.63, 3.8) is 0 Å². The summed E-state index contributed by atoms with van der Waals surface area (Å²) in [4.78, 5) is 23.7. The lowest BCUT2D eigenvalue weighted by atomic mass is 10.1. The second-order valence-electron chi connectivity index (χ2n) is 5.42. The van der Waals surface area contributed by atoms with Crippen molar-refractivity contribution in [1.29, 1.82) is 0 Å². The highest BCUT2D eigenvalue weighted by atomic mass is 32.1. The zero-order chi connectivity index (χ0) is 19.1. The molecular formula is C18H21NO6S. The molecule has 0 spiro atoms. The maximum Gasteiger partial charge on any atom is 0.345 e. The Hall–Kier alpha value is -2.58. The first-order chi connectivity index (χ1) is 12.5. The maximum atomic E-state index is 12.3. The number of methoxy groups -OCH3 is 2. The van der Waals surface area contributed by atoms with Crippen LogP contribution in [0.4, 0.5) is 0 Å². The molecule has 2 rings (SSSR count). The number of carboxylic acid groups (broad SMARTS) is 1. The van der Waals surface area contributed by atoms with E-state index in [1.807, 2.05) is 13.0 Å². The van der Waals surface area contributed by atoms with Crippen molar-refractivity contribution in [1.82, 2.24) is 5.32 Å². The molecule has 0 fully saturated rings. The minimum absolute atomic E-state index is 0.127. The molecule has 0 aliphatic carbocycles. The Bertz CT molecular complexity index is 773. The van der Waals surface area contributed by atoms with Crippen LogP contribution in [0.2, 0.25) is 0 Å². The van der Waals surface area contributed by atoms with Crippen LogP contribution in [0.15, 0.2) is 30.3 Å². The molecule has 0 saturated heterocycles. The zero-order valence-corrected chi connectivity index (χ0v) is 15.6. The highest BCUT2D eigenvalue weighted by Gasteiger charge is 2.17. The topological polar surface area (TPSA) is 94.1 Å². The van der Waals surface area contributed by atoms with Gasteiger partial charge >= 0.3 is 5.97 Å². The summed E-state index contributed by atoms with van der Waals surface area (Å²) >= 11 is 0.939. The highest BCUT2D eigenvalue weighted by Crippen LogP contribution is 2.30. The summed E-state index contributed by atoms with van der Waals surface area (Å²) in [7, 11) is 3.14. The number of ether oxygens (including phenoxy) is 3. The van der Waals surface area contributed by atoms with Crippen LogP contribution in [0.3, 0.4) is 0 Å². The predicted octanol–water partition coefficient (Wildman–Crippen LogP) is 2.97. The number of carbonyl (C=O) groups excluding carboxylic acids is 1. The summed E-state index contributed by atoms with van der Waals surface area (Å²) in [5.74, 6) is -0.217. The molecule has 1 heterocycles. The van der Waals surface area contributed by atoms with E-state index in [-0.39, 0.29) is 16.8 Å². The fourth-order valence-corrected chi connectivity index (χ4v) is 2.98. The third kappa shape index (κ3) is 4.96. The quantitative estimate of drug-likeness (QED) is 0.651. The molecule has 0 bridgehead atoms. The van der Waals surface area contributed by atoms with Gasteiger partial charge in [-0.3, -0.25) is 4.79 Å². The largest absolute Gasteiger partial charge is 0.493 e. The van der Waals surface area contributed by atoms with E-state index in [2.05, 4.69) is 5.32 Å². The Morgan fingerprint density at radius 3 is 2.46 bits per heavy atom. The molecule has 7 nitrogen and oxygen atoms in total. The summed E-state index contributed by atoms with van der Waals surface area (Å²) in [6, 6.07) is 8.04. The van der Waals surface area contributed by atoms with Crippen LogP contribution < -0.4 is 14.8 Å². The average molecular weight is 379 g/mol. The van der Waals surface area contributed by atoms with Gasteiger partial charge < -0.3 is 24.6 Å². The van der Waals surface area contributed by atoms with Gasteiger partial charge in [-0.1, -0.05) is 6.07 Å². The molecule has 0 aliphatic heterocycles. The van der Waals surface area contributed by atoms with Crippen molar-refractivity contribution < 1.29 is 28.9 Å². The number of carboxylic acids is 1. The second kappa shape index (κ2) is 9.21. The average Bonchev–Trinajstić information content (AvgIpc) is 3.12. The van der Waals surface area contributed by atoms with Crippen LogP contribution in [0, 0.1) is 0 Å². The lowest BCUT2D eigenvalue weighted by Crippen LogP contribution is -2.25. The van der Waals surface area contributed by atoms with E-state index in [0.29, 0.717) is 29.6 Å². The van der Waals surface area contributed by atoms with Gasteiger partial charge in [0, 0.05) is 7.11 Å². The number of aromatic carboxylic acids is 1. The van der Waals surface area contributed by atoms with Crippen LogP contribution in [0.1, 0.15) is 37.9 Å². The summed E-state index contributed by atoms with van der Waals surface area (Å²) < 4.78 is 15.9. The van der Waals surface area contributed by atoms with Gasteiger partial charge in [0.2, 0.25) is 0 Å². The molecule has 0 saturated carbocycles. The monoisotopic (exact) mass is 379 g/mol. The summed E-state index contributed by atoms with van der Waals surface area (Å²) in [6.07, 6.45) is 0. The number of amides is 1. The maximum absolute atomic E-state index is 12.3. The van der Waals surface area contributed by atoms with Gasteiger partial charge in [0.05, 0.1) is 24.6 Å². The molecule has 0 radical (unpaired) electrons. The summed E-state index contributed by atoms with van der Waals surface area (Å²) in [6.45, 7) is 2.71. The molecular weight excluding hydrogens is 358 g/mol. The number of carbonyl (C=O) groups is 2. The molecule has 2 aromatic rings. The van der Waals surface area contributed by atoms with Crippen LogP contribution in [-0.4, -0.2) is 44.4 Å². The Morgan fingerprint density at radius 1 is 1.12 bits per heavy atom. The van der Waals surface area contributed by atoms with Gasteiger partial charge in [0.25, 0.3) is 5.91 Å². The van der Waals surface area contributed by atoms with Gasteiger partial charge in [-0.2, -0.15) is 0 Å². The highest BCUT2D eigenvalue weighted by molar-refractivity contribution is 7.15. The summed E-state index contributed by atoms with van der Waals surface area (Å²) in [5.41, 5.74) is 0.837. The summed E-state index contributed by atoms with van der Waals surface area (Å²) in [5, 5.41) is 11.8. The number of hydrogen-bond donors (Lipinski definition) is 2. The normalized spacial score (nSPS) is 11.7. The first-order valence-electron chi connectivity index (χ1n) is 7.90. The first kappa shape index (κ1) is 19.7. The van der Waals surface area contributed by atoms with E-state index in [4.69, 9.17) is 19.3 Å². The predicted molar refractivity (Wildman–Crippen MR) is 97.5 cm³/mol. The van der Waals surface area contributed by atoms with Crippen molar-refractivity contribution in [2.75, 3.05) is 27.4 Å². The van der Waals surface area contributed by atoms with Crippen molar-refractivity contribution in [2.45, 2.75) is 13.0 Å². The van der Waals surface area contributed by atoms with E-state index < -0.39 is 5.97 Å². The molecule has 26 heavy (non-hydrogen) atoms. The second-order valence-corrected chi connectivity index (χ2v) is 6.50. The Labute approximate surface area is 155 Å². The number of benzene rings is 1. The fraction of sp³-hybridized carbons (Fsp3) is 0.333. The van der Waals surface area contributed by atoms with Crippen molar-refractivity contribution in [3.05, 3.63) is 45.6 Å². The number of hydrogen-bond acceptors (Lipinski definition) is 6. The van der Waals surface area contributed by atoms with Gasteiger partial charge in [-0.05, 0) is 36.8 Å². The zero-order valence-electron chi connectivity index (χ0n) is 14.8. The first-order valence-corrected chi connectivity index (χ1v) is 8.71. The Morgan fingerprint density at radius 2 is 1.85 bits per heavy atom. The van der Waals surface area contributed by atoms with Gasteiger partial charge in [-0.15, -0.1) is 11.3 Å². The van der Waals surface area contributed by atoms with Crippen molar-refractivity contribution in [3.8, 4) is 11.5 Å². The van der Waals surface area contributed by atoms with E-state index in [1.54, 1.807) is 26.4 Å². The standard InChI is InChI=1S/C18H21NO6S/c1-11(19-17(20)15-6-7-16(26-15)18(21)22)12-4-5-13(14(10-12)24-3)25-9-8-23-2/h4-7,10-11H,8-9H2,1-3H3,(H,19,20)(H,21,22). The molecule has 1 atom stereocenters. The van der Waals surface area contributed by atoms with E-state index in [1.165, 1.54) is 12.1 Å². The van der Waals surface area contributed by atoms with Crippen LogP contribution in [0.25, 0.3) is 0 Å². The molecule has 140 valence electrons. The molecule has 1 amide bonds. The molecule has 2 N–H and O–H groups in total. The van der Waals surface area contributed by atoms with Crippen molar-refractivity contribution >= 4 is 23.2 Å². The molecule has 1 unspecified atom stereocenters. The minimum Gasteiger partial charge on any atom is -0.493 e. The van der Waals surface area contributed by atoms with Gasteiger partial charge in [0.15, 0.2) is 11.5 Å². The van der Waals surface area contributed by atoms with Crippen LogP contribution >= 0.6 is 11.3 Å². The van der Waals surface area contributed by atoms with Crippen LogP contribution in [0.5, 0.6) is 11.5 Å². The number of rotatable bonds is 9. The van der Waals surface area contributed by atoms with E-state index in [0.717, 1.165) is 16.9 Å². The number of thiophene rings is 1. The van der Waals surface area contributed by atoms with Crippen molar-refractivity contribution in [2.24, 2.45) is 0 Å². The minimum atomic E-state index is -1.05. The fourth-order valence-electron chi connectivity index (χ4n) is 2.23. The molecule has 1 aromatic carbocycles. The lowest BCUT2D eigenvalue weighted by Gasteiger charge is -2.17. The van der Waals surface area contributed by atoms with Gasteiger partial charge in [-0.25, -0.2) is 4.79 Å². The molecule has 8 heteroatoms. The smallest absolute Gasteiger partial charge is 0.345 e. The Kier molecular flexibility index (Phi) is 6.99. The molecule has 0 aliphatic rings. The number of nitrogens with one attached hydrogen (secondary N) is 1. The van der Waals surface area contributed by atoms with E-state index in [9.17, 15) is 9.59 Å².